The molecule has 0 atom stereocenters. The molecule has 0 spiro atoms. The summed E-state index contributed by atoms with van der Waals surface area (Å²) in [7, 11) is 0. The van der Waals surface area contributed by atoms with Gasteiger partial charge in [0.2, 0.25) is 0 Å². The van der Waals surface area contributed by atoms with Crippen molar-refractivity contribution in [3.8, 4) is 0 Å². The van der Waals surface area contributed by atoms with Gasteiger partial charge in [0.15, 0.2) is 0 Å². The molecule has 0 aromatic rings. The van der Waals surface area contributed by atoms with Gasteiger partial charge in [-0.2, -0.15) is 0 Å². The molecule has 0 aliphatic carbocycles. The van der Waals surface area contributed by atoms with Gasteiger partial charge in [-0.15, -0.1) is 0 Å². The molecule has 0 aromatic carbocycles. The molecule has 0 aliphatic rings. The first-order valence-corrected chi connectivity index (χ1v) is 1.71. The minimum Gasteiger partial charge on any atom is -1.00 e. The molecule has 0 saturated carbocycles. The van der Waals surface area contributed by atoms with Crippen LogP contribution in [0.15, 0.2) is 0 Å². The molecule has 0 saturated heterocycles. The zero-order chi connectivity index (χ0) is 4.99. The maximum absolute atomic E-state index is 8.17. The summed E-state index contributed by atoms with van der Waals surface area (Å²) in [5.74, 6) is 0. The minimum atomic E-state index is -0.954. The topological polar surface area (TPSA) is 60.7 Å². The Balaban J connectivity index is -0.00000000446. The van der Waals surface area contributed by atoms with Crippen LogP contribution < -0.4 is 118 Å². The van der Waals surface area contributed by atoms with E-state index in [4.69, 9.17) is 15.3 Å². The standard InChI is InChI=1S/C3H8O3.4Na.4H/c4-1-3(6)2-5;;;;;;;;/h3-6H,1-2H2;;;;;;;;/q;4*+1;4*-1. The molecule has 3 N–H and O–H groups in total. The molecule has 0 bridgehead atoms. The Morgan fingerprint density at radius 2 is 1.10 bits per heavy atom. The van der Waals surface area contributed by atoms with Crippen LogP contribution in [-0.4, -0.2) is 34.6 Å². The van der Waals surface area contributed by atoms with E-state index in [2.05, 4.69) is 0 Å². The smallest absolute Gasteiger partial charge is 1.00 e. The summed E-state index contributed by atoms with van der Waals surface area (Å²) in [5, 5.41) is 24.0. The molecular formula is C3H12Na4O3. The van der Waals surface area contributed by atoms with Crippen LogP contribution >= 0.6 is 0 Å². The van der Waals surface area contributed by atoms with Crippen molar-refractivity contribution in [2.45, 2.75) is 6.10 Å². The normalized spacial score (nSPS) is 6.00. The molecular weight excluding hydrogens is 176 g/mol. The van der Waals surface area contributed by atoms with Crippen LogP contribution in [-0.2, 0) is 0 Å². The average Bonchev–Trinajstić information content (AvgIpc) is 1.65. The quantitative estimate of drug-likeness (QED) is 0.377. The van der Waals surface area contributed by atoms with E-state index < -0.39 is 6.10 Å². The third kappa shape index (κ3) is 22.6. The summed E-state index contributed by atoms with van der Waals surface area (Å²) in [6.07, 6.45) is -0.954. The second-order valence-corrected chi connectivity index (χ2v) is 1.02. The first kappa shape index (κ1) is 29.2. The van der Waals surface area contributed by atoms with Gasteiger partial charge in [-0.05, 0) is 0 Å². The summed E-state index contributed by atoms with van der Waals surface area (Å²) in [6, 6.07) is 0. The van der Waals surface area contributed by atoms with Crippen LogP contribution in [0.1, 0.15) is 5.71 Å². The summed E-state index contributed by atoms with van der Waals surface area (Å²) in [6.45, 7) is -0.729. The third-order valence-corrected chi connectivity index (χ3v) is 0.421. The van der Waals surface area contributed by atoms with Gasteiger partial charge in [0.1, 0.15) is 6.10 Å². The zero-order valence-corrected chi connectivity index (χ0v) is 15.3. The van der Waals surface area contributed by atoms with Gasteiger partial charge in [-0.1, -0.05) is 0 Å². The van der Waals surface area contributed by atoms with Crippen LogP contribution in [0.3, 0.4) is 0 Å². The molecule has 0 amide bonds. The molecule has 0 fully saturated rings. The summed E-state index contributed by atoms with van der Waals surface area (Å²) in [4.78, 5) is 0. The monoisotopic (exact) mass is 188 g/mol. The first-order chi connectivity index (χ1) is 2.81. The Hall–Kier alpha value is 3.88. The van der Waals surface area contributed by atoms with Gasteiger partial charge in [0, 0.05) is 0 Å². The Labute approximate surface area is 155 Å². The van der Waals surface area contributed by atoms with E-state index in [9.17, 15) is 0 Å². The van der Waals surface area contributed by atoms with Crippen molar-refractivity contribution >= 4 is 0 Å². The molecule has 3 nitrogen and oxygen atoms in total. The van der Waals surface area contributed by atoms with Crippen molar-refractivity contribution < 1.29 is 139 Å². The maximum atomic E-state index is 8.17. The van der Waals surface area contributed by atoms with Gasteiger partial charge in [-0.3, -0.25) is 0 Å². The summed E-state index contributed by atoms with van der Waals surface area (Å²) in [5.41, 5.74) is 0. The fourth-order valence-corrected chi connectivity index (χ4v) is 0.0577. The molecule has 10 heavy (non-hydrogen) atoms. The Kier molecular flexibility index (Phi) is 67.3. The summed E-state index contributed by atoms with van der Waals surface area (Å²) < 4.78 is 0. The second kappa shape index (κ2) is 23.1. The van der Waals surface area contributed by atoms with Gasteiger partial charge < -0.3 is 21.0 Å². The van der Waals surface area contributed by atoms with Crippen molar-refractivity contribution in [2.24, 2.45) is 0 Å². The molecule has 0 radical (unpaired) electrons. The van der Waals surface area contributed by atoms with Crippen molar-refractivity contribution in [1.29, 1.82) is 0 Å². The molecule has 46 valence electrons. The van der Waals surface area contributed by atoms with Gasteiger partial charge >= 0.3 is 118 Å². The molecule has 0 unspecified atom stereocenters. The average molecular weight is 188 g/mol. The Morgan fingerprint density at radius 3 is 1.10 bits per heavy atom. The Bertz CT molecular complexity index is 47.0. The molecule has 0 rings (SSSR count). The number of hydrogen-bond donors (Lipinski definition) is 3. The second-order valence-electron chi connectivity index (χ2n) is 1.02. The van der Waals surface area contributed by atoms with Gasteiger partial charge in [0.25, 0.3) is 0 Å². The largest absolute Gasteiger partial charge is 1.00 e. The summed E-state index contributed by atoms with van der Waals surface area (Å²) >= 11 is 0. The van der Waals surface area contributed by atoms with Crippen LogP contribution in [0.25, 0.3) is 0 Å². The van der Waals surface area contributed by atoms with Crippen molar-refractivity contribution in [3.05, 3.63) is 0 Å². The Morgan fingerprint density at radius 1 is 0.900 bits per heavy atom. The SMILES string of the molecule is OCC(O)CO.[H-].[H-].[H-].[H-].[Na+].[Na+].[Na+].[Na+]. The first-order valence-electron chi connectivity index (χ1n) is 1.71. The maximum Gasteiger partial charge on any atom is 1.00 e. The van der Waals surface area contributed by atoms with Crippen LogP contribution in [0.2, 0.25) is 0 Å². The number of rotatable bonds is 2. The van der Waals surface area contributed by atoms with E-state index in [1.807, 2.05) is 0 Å². The minimum absolute atomic E-state index is 0. The third-order valence-electron chi connectivity index (χ3n) is 0.421. The van der Waals surface area contributed by atoms with E-state index in [1.54, 1.807) is 0 Å². The van der Waals surface area contributed by atoms with E-state index in [0.29, 0.717) is 0 Å². The number of hydrogen-bond acceptors (Lipinski definition) is 3. The van der Waals surface area contributed by atoms with Gasteiger partial charge in [-0.25, -0.2) is 0 Å². The van der Waals surface area contributed by atoms with E-state index in [0.717, 1.165) is 0 Å². The van der Waals surface area contributed by atoms with Crippen LogP contribution in [0.4, 0.5) is 0 Å². The fraction of sp³-hybridized carbons (Fsp3) is 1.00. The molecule has 0 aromatic heterocycles. The van der Waals surface area contributed by atoms with E-state index >= 15 is 0 Å². The van der Waals surface area contributed by atoms with E-state index in [1.165, 1.54) is 0 Å². The molecule has 7 heteroatoms. The van der Waals surface area contributed by atoms with Crippen molar-refractivity contribution in [1.82, 2.24) is 0 Å². The van der Waals surface area contributed by atoms with Crippen molar-refractivity contribution in [2.75, 3.05) is 13.2 Å². The number of aliphatic hydroxyl groups is 3. The van der Waals surface area contributed by atoms with Crippen LogP contribution in [0.5, 0.6) is 0 Å². The van der Waals surface area contributed by atoms with Crippen LogP contribution in [0, 0.1) is 0 Å². The predicted octanol–water partition coefficient (Wildman–Crippen LogP) is -13.2. The zero-order valence-electron chi connectivity index (χ0n) is 11.3. The predicted molar refractivity (Wildman–Crippen MR) is 24.6 cm³/mol. The van der Waals surface area contributed by atoms with Crippen molar-refractivity contribution in [3.63, 3.8) is 0 Å². The van der Waals surface area contributed by atoms with Gasteiger partial charge in [0.05, 0.1) is 13.2 Å². The number of aliphatic hydroxyl groups excluding tert-OH is 3. The van der Waals surface area contributed by atoms with E-state index in [-0.39, 0.29) is 137 Å². The molecule has 0 heterocycles. The fourth-order valence-electron chi connectivity index (χ4n) is 0.0577. The molecule has 0 aliphatic heterocycles.